The number of para-hydroxylation sites is 1. The van der Waals surface area contributed by atoms with E-state index in [9.17, 15) is 18.4 Å². The van der Waals surface area contributed by atoms with Gasteiger partial charge in [0, 0.05) is 44.8 Å². The van der Waals surface area contributed by atoms with Crippen molar-refractivity contribution in [1.29, 1.82) is 0 Å². The molecule has 2 amide bonds. The number of halogens is 2. The number of alkyl halides is 2. The topological polar surface area (TPSA) is 55.9 Å². The Morgan fingerprint density at radius 2 is 1.78 bits per heavy atom. The highest BCUT2D eigenvalue weighted by Crippen LogP contribution is 2.27. The van der Waals surface area contributed by atoms with Crippen molar-refractivity contribution >= 4 is 17.5 Å². The molecule has 0 saturated carbocycles. The van der Waals surface area contributed by atoms with Crippen LogP contribution in [0.2, 0.25) is 0 Å². The van der Waals surface area contributed by atoms with Gasteiger partial charge in [-0.25, -0.2) is 8.78 Å². The Labute approximate surface area is 157 Å². The Hall–Kier alpha value is -2.06. The highest BCUT2D eigenvalue weighted by Gasteiger charge is 2.44. The highest BCUT2D eigenvalue weighted by atomic mass is 19.3. The zero-order chi connectivity index (χ0) is 19.0. The average molecular weight is 378 g/mol. The highest BCUT2D eigenvalue weighted by molar-refractivity contribution is 5.99. The van der Waals surface area contributed by atoms with Gasteiger partial charge in [-0.2, -0.15) is 0 Å². The van der Waals surface area contributed by atoms with Crippen molar-refractivity contribution in [2.45, 2.75) is 30.8 Å². The molecule has 3 fully saturated rings. The van der Waals surface area contributed by atoms with E-state index in [4.69, 9.17) is 0 Å². The van der Waals surface area contributed by atoms with Gasteiger partial charge in [-0.15, -0.1) is 0 Å². The maximum absolute atomic E-state index is 13.3. The van der Waals surface area contributed by atoms with Gasteiger partial charge in [0.05, 0.1) is 18.6 Å². The zero-order valence-electron chi connectivity index (χ0n) is 15.1. The van der Waals surface area contributed by atoms with Crippen LogP contribution in [-0.2, 0) is 9.59 Å². The van der Waals surface area contributed by atoms with Crippen LogP contribution in [0.15, 0.2) is 30.3 Å². The number of nitrogens with zero attached hydrogens (tertiary/aromatic N) is 3. The molecule has 2 atom stereocenters. The zero-order valence-corrected chi connectivity index (χ0v) is 15.1. The van der Waals surface area contributed by atoms with Gasteiger partial charge in [-0.05, 0) is 18.6 Å². The van der Waals surface area contributed by atoms with Gasteiger partial charge in [-0.3, -0.25) is 19.8 Å². The van der Waals surface area contributed by atoms with Crippen LogP contribution < -0.4 is 10.2 Å². The fraction of sp³-hybridized carbons (Fsp3) is 0.579. The van der Waals surface area contributed by atoms with E-state index in [1.54, 1.807) is 4.90 Å². The first-order chi connectivity index (χ1) is 12.9. The summed E-state index contributed by atoms with van der Waals surface area (Å²) in [6.07, 6.45) is 0.331. The van der Waals surface area contributed by atoms with E-state index >= 15 is 0 Å². The lowest BCUT2D eigenvalue weighted by Gasteiger charge is -2.38. The number of nitrogens with one attached hydrogen (secondary N) is 1. The molecule has 8 heteroatoms. The minimum absolute atomic E-state index is 0.0954. The predicted molar refractivity (Wildman–Crippen MR) is 96.7 cm³/mol. The summed E-state index contributed by atoms with van der Waals surface area (Å²) in [4.78, 5) is 30.8. The van der Waals surface area contributed by atoms with Gasteiger partial charge in [-0.1, -0.05) is 18.2 Å². The maximum Gasteiger partial charge on any atom is 0.262 e. The van der Waals surface area contributed by atoms with Gasteiger partial charge in [0.25, 0.3) is 5.92 Å². The molecule has 0 radical (unpaired) electrons. The van der Waals surface area contributed by atoms with E-state index in [0.29, 0.717) is 32.7 Å². The normalized spacial score (nSPS) is 28.7. The van der Waals surface area contributed by atoms with Crippen molar-refractivity contribution in [3.63, 3.8) is 0 Å². The molecule has 3 aliphatic rings. The quantitative estimate of drug-likeness (QED) is 0.851. The Morgan fingerprint density at radius 1 is 1.07 bits per heavy atom. The van der Waals surface area contributed by atoms with Crippen molar-refractivity contribution in [2.75, 3.05) is 44.2 Å². The number of carbonyl (C=O) groups excluding carboxylic acids is 2. The summed E-state index contributed by atoms with van der Waals surface area (Å²) in [5, 5.41) is 2.63. The molecule has 1 aromatic rings. The van der Waals surface area contributed by atoms with Gasteiger partial charge in [0.2, 0.25) is 11.8 Å². The van der Waals surface area contributed by atoms with Crippen LogP contribution in [0.4, 0.5) is 14.5 Å². The Morgan fingerprint density at radius 3 is 2.41 bits per heavy atom. The largest absolute Gasteiger partial charge is 0.339 e. The lowest BCUT2D eigenvalue weighted by molar-refractivity contribution is -0.136. The van der Waals surface area contributed by atoms with Crippen molar-refractivity contribution in [2.24, 2.45) is 0 Å². The number of hydrogen-bond acceptors (Lipinski definition) is 4. The molecular weight excluding hydrogens is 354 g/mol. The number of piperazine rings is 1. The SMILES string of the molecule is O=C(C1CC(F)(F)CN1)N1CCN(C2CCN(c3ccccc3)C2=O)CC1. The van der Waals surface area contributed by atoms with Crippen molar-refractivity contribution in [3.05, 3.63) is 30.3 Å². The van der Waals surface area contributed by atoms with Crippen molar-refractivity contribution < 1.29 is 18.4 Å². The van der Waals surface area contributed by atoms with Crippen LogP contribution in [0.5, 0.6) is 0 Å². The lowest BCUT2D eigenvalue weighted by Crippen LogP contribution is -2.56. The number of carbonyl (C=O) groups is 2. The molecular formula is C19H24F2N4O2. The molecule has 0 aromatic heterocycles. The Bertz CT molecular complexity index is 707. The minimum Gasteiger partial charge on any atom is -0.339 e. The third-order valence-electron chi connectivity index (χ3n) is 5.72. The maximum atomic E-state index is 13.3. The molecule has 1 N–H and O–H groups in total. The number of anilines is 1. The lowest BCUT2D eigenvalue weighted by atomic mass is 10.1. The van der Waals surface area contributed by atoms with E-state index in [-0.39, 0.29) is 17.9 Å². The molecule has 6 nitrogen and oxygen atoms in total. The summed E-state index contributed by atoms with van der Waals surface area (Å²) in [6, 6.07) is 8.65. The van der Waals surface area contributed by atoms with E-state index in [0.717, 1.165) is 12.1 Å². The smallest absolute Gasteiger partial charge is 0.262 e. The first kappa shape index (κ1) is 18.3. The summed E-state index contributed by atoms with van der Waals surface area (Å²) in [5.74, 6) is -2.96. The monoisotopic (exact) mass is 378 g/mol. The van der Waals surface area contributed by atoms with Crippen LogP contribution in [0.3, 0.4) is 0 Å². The van der Waals surface area contributed by atoms with Crippen LogP contribution in [-0.4, -0.2) is 78.9 Å². The van der Waals surface area contributed by atoms with Gasteiger partial charge < -0.3 is 9.80 Å². The van der Waals surface area contributed by atoms with Crippen molar-refractivity contribution in [3.8, 4) is 0 Å². The van der Waals surface area contributed by atoms with E-state index in [1.807, 2.05) is 35.2 Å². The summed E-state index contributed by atoms with van der Waals surface area (Å²) in [7, 11) is 0. The molecule has 0 bridgehead atoms. The third kappa shape index (κ3) is 3.68. The first-order valence-electron chi connectivity index (χ1n) is 9.45. The summed E-state index contributed by atoms with van der Waals surface area (Å²) < 4.78 is 26.6. The van der Waals surface area contributed by atoms with Gasteiger partial charge in [0.15, 0.2) is 0 Å². The Kier molecular flexibility index (Phi) is 4.86. The van der Waals surface area contributed by atoms with Gasteiger partial charge in [0.1, 0.15) is 0 Å². The average Bonchev–Trinajstić information content (AvgIpc) is 3.24. The standard InChI is InChI=1S/C19H24F2N4O2/c20-19(21)12-15(22-13-19)17(26)24-10-8-23(9-11-24)16-6-7-25(18(16)27)14-4-2-1-3-5-14/h1-5,15-16,22H,6-13H2. The second-order valence-corrected chi connectivity index (χ2v) is 7.48. The fourth-order valence-electron chi connectivity index (χ4n) is 4.23. The van der Waals surface area contributed by atoms with Crippen LogP contribution in [0, 0.1) is 0 Å². The van der Waals surface area contributed by atoms with E-state index < -0.39 is 24.9 Å². The summed E-state index contributed by atoms with van der Waals surface area (Å²) in [5.41, 5.74) is 0.909. The summed E-state index contributed by atoms with van der Waals surface area (Å²) in [6.45, 7) is 2.38. The molecule has 146 valence electrons. The van der Waals surface area contributed by atoms with Gasteiger partial charge >= 0.3 is 0 Å². The second kappa shape index (κ2) is 7.16. The molecule has 3 aliphatic heterocycles. The molecule has 3 heterocycles. The molecule has 27 heavy (non-hydrogen) atoms. The van der Waals surface area contributed by atoms with E-state index in [2.05, 4.69) is 10.2 Å². The molecule has 0 aliphatic carbocycles. The van der Waals surface area contributed by atoms with Crippen LogP contribution in [0.1, 0.15) is 12.8 Å². The second-order valence-electron chi connectivity index (χ2n) is 7.48. The summed E-state index contributed by atoms with van der Waals surface area (Å²) >= 11 is 0. The Balaban J connectivity index is 1.32. The third-order valence-corrected chi connectivity index (χ3v) is 5.72. The molecule has 2 unspecified atom stereocenters. The first-order valence-corrected chi connectivity index (χ1v) is 9.45. The molecule has 3 saturated heterocycles. The van der Waals surface area contributed by atoms with Crippen LogP contribution in [0.25, 0.3) is 0 Å². The van der Waals surface area contributed by atoms with E-state index in [1.165, 1.54) is 0 Å². The van der Waals surface area contributed by atoms with Crippen LogP contribution >= 0.6 is 0 Å². The number of amides is 2. The predicted octanol–water partition coefficient (Wildman–Crippen LogP) is 0.933. The number of hydrogen-bond donors (Lipinski definition) is 1. The molecule has 4 rings (SSSR count). The minimum atomic E-state index is -2.81. The number of benzene rings is 1. The fourth-order valence-corrected chi connectivity index (χ4v) is 4.23. The number of rotatable bonds is 3. The molecule has 0 spiro atoms. The molecule has 1 aromatic carbocycles. The van der Waals surface area contributed by atoms with Crippen molar-refractivity contribution in [1.82, 2.24) is 15.1 Å².